The van der Waals surface area contributed by atoms with Gasteiger partial charge in [-0.05, 0) is 18.8 Å². The molecule has 0 spiro atoms. The van der Waals surface area contributed by atoms with E-state index >= 15 is 0 Å². The van der Waals surface area contributed by atoms with E-state index in [1.807, 2.05) is 0 Å². The summed E-state index contributed by atoms with van der Waals surface area (Å²) >= 11 is 0. The van der Waals surface area contributed by atoms with Gasteiger partial charge in [-0.25, -0.2) is 8.42 Å². The van der Waals surface area contributed by atoms with Crippen LogP contribution in [0.4, 0.5) is 0 Å². The Bertz CT molecular complexity index is 404. The van der Waals surface area contributed by atoms with Gasteiger partial charge in [0, 0.05) is 0 Å². The predicted molar refractivity (Wildman–Crippen MR) is 65.1 cm³/mol. The van der Waals surface area contributed by atoms with Crippen molar-refractivity contribution >= 4 is 16.0 Å². The Morgan fingerprint density at radius 3 is 2.71 bits per heavy atom. The van der Waals surface area contributed by atoms with Gasteiger partial charge in [-0.3, -0.25) is 4.79 Å². The van der Waals surface area contributed by atoms with Crippen LogP contribution in [0.15, 0.2) is 12.7 Å². The van der Waals surface area contributed by atoms with E-state index in [1.54, 1.807) is 6.92 Å². The minimum Gasteiger partial charge on any atom is -0.480 e. The molecule has 0 aromatic rings. The largest absolute Gasteiger partial charge is 0.480 e. The molecule has 5 nitrogen and oxygen atoms in total. The summed E-state index contributed by atoms with van der Waals surface area (Å²) in [6, 6.07) is 0. The maximum absolute atomic E-state index is 11.7. The number of carboxylic acid groups (broad SMARTS) is 1. The van der Waals surface area contributed by atoms with Crippen LogP contribution in [0.3, 0.4) is 0 Å². The van der Waals surface area contributed by atoms with Gasteiger partial charge >= 0.3 is 5.97 Å². The smallest absolute Gasteiger partial charge is 0.325 e. The van der Waals surface area contributed by atoms with E-state index in [1.165, 1.54) is 6.08 Å². The molecule has 1 rings (SSSR count). The summed E-state index contributed by atoms with van der Waals surface area (Å²) < 4.78 is 25.8. The zero-order chi connectivity index (χ0) is 13.1. The summed E-state index contributed by atoms with van der Waals surface area (Å²) in [5.41, 5.74) is -1.35. The third kappa shape index (κ3) is 3.07. The van der Waals surface area contributed by atoms with Crippen LogP contribution in [0, 0.1) is 5.92 Å². The SMILES string of the molecule is C=CCS(=O)(=O)NC1(C(=O)O)CCCCC1C. The van der Waals surface area contributed by atoms with Gasteiger partial charge in [0.25, 0.3) is 0 Å². The van der Waals surface area contributed by atoms with E-state index in [0.717, 1.165) is 19.3 Å². The standard InChI is InChI=1S/C11H19NO4S/c1-3-8-17(15,16)12-11(10(13)14)7-5-4-6-9(11)2/h3,9,12H,1,4-8H2,2H3,(H,13,14). The van der Waals surface area contributed by atoms with Crippen LogP contribution in [-0.2, 0) is 14.8 Å². The number of hydrogen-bond donors (Lipinski definition) is 2. The fourth-order valence-corrected chi connectivity index (χ4v) is 3.67. The van der Waals surface area contributed by atoms with Gasteiger partial charge in [0.2, 0.25) is 10.0 Å². The number of sulfonamides is 1. The summed E-state index contributed by atoms with van der Waals surface area (Å²) in [5, 5.41) is 9.34. The van der Waals surface area contributed by atoms with E-state index in [9.17, 15) is 18.3 Å². The second kappa shape index (κ2) is 5.18. The highest BCUT2D eigenvalue weighted by atomic mass is 32.2. The Labute approximate surface area is 102 Å². The molecular weight excluding hydrogens is 242 g/mol. The Kier molecular flexibility index (Phi) is 4.32. The summed E-state index contributed by atoms with van der Waals surface area (Å²) in [5.74, 6) is -1.54. The Hall–Kier alpha value is -0.880. The number of carboxylic acids is 1. The Balaban J connectivity index is 3.00. The molecule has 0 aromatic heterocycles. The van der Waals surface area contributed by atoms with Crippen LogP contribution < -0.4 is 4.72 Å². The number of nitrogens with one attached hydrogen (secondary N) is 1. The van der Waals surface area contributed by atoms with Crippen molar-refractivity contribution in [2.24, 2.45) is 5.92 Å². The van der Waals surface area contributed by atoms with E-state index in [-0.39, 0.29) is 11.7 Å². The minimum atomic E-state index is -3.62. The molecule has 0 radical (unpaired) electrons. The molecule has 1 aliphatic rings. The van der Waals surface area contributed by atoms with Crippen LogP contribution in [0.1, 0.15) is 32.6 Å². The normalized spacial score (nSPS) is 29.8. The highest BCUT2D eigenvalue weighted by Crippen LogP contribution is 2.34. The van der Waals surface area contributed by atoms with Crippen molar-refractivity contribution in [3.05, 3.63) is 12.7 Å². The zero-order valence-corrected chi connectivity index (χ0v) is 10.8. The summed E-state index contributed by atoms with van der Waals surface area (Å²) in [4.78, 5) is 11.4. The molecular formula is C11H19NO4S. The third-order valence-corrected chi connectivity index (χ3v) is 4.71. The van der Waals surface area contributed by atoms with Crippen molar-refractivity contribution in [2.75, 3.05) is 5.75 Å². The molecule has 0 aromatic carbocycles. The average molecular weight is 261 g/mol. The van der Waals surface area contributed by atoms with Crippen LogP contribution >= 0.6 is 0 Å². The molecule has 98 valence electrons. The van der Waals surface area contributed by atoms with Gasteiger partial charge in [0.05, 0.1) is 5.75 Å². The molecule has 0 aliphatic heterocycles. The molecule has 6 heteroatoms. The highest BCUT2D eigenvalue weighted by Gasteiger charge is 2.47. The summed E-state index contributed by atoms with van der Waals surface area (Å²) in [6.45, 7) is 5.14. The quantitative estimate of drug-likeness (QED) is 0.727. The fourth-order valence-electron chi connectivity index (χ4n) is 2.33. The van der Waals surface area contributed by atoms with Gasteiger partial charge in [-0.1, -0.05) is 25.8 Å². The van der Waals surface area contributed by atoms with Gasteiger partial charge < -0.3 is 5.11 Å². The lowest BCUT2D eigenvalue weighted by Crippen LogP contribution is -2.60. The van der Waals surface area contributed by atoms with E-state index < -0.39 is 21.5 Å². The monoisotopic (exact) mass is 261 g/mol. The maximum Gasteiger partial charge on any atom is 0.325 e. The number of rotatable bonds is 5. The zero-order valence-electron chi connectivity index (χ0n) is 9.98. The Morgan fingerprint density at radius 1 is 1.59 bits per heavy atom. The highest BCUT2D eigenvalue weighted by molar-refractivity contribution is 7.89. The van der Waals surface area contributed by atoms with E-state index in [2.05, 4.69) is 11.3 Å². The molecule has 0 bridgehead atoms. The van der Waals surface area contributed by atoms with Crippen molar-refractivity contribution in [2.45, 2.75) is 38.1 Å². The Morgan fingerprint density at radius 2 is 2.24 bits per heavy atom. The molecule has 17 heavy (non-hydrogen) atoms. The molecule has 0 amide bonds. The second-order valence-electron chi connectivity index (χ2n) is 4.60. The van der Waals surface area contributed by atoms with Crippen molar-refractivity contribution in [3.63, 3.8) is 0 Å². The first-order valence-electron chi connectivity index (χ1n) is 5.70. The van der Waals surface area contributed by atoms with Gasteiger partial charge in [-0.2, -0.15) is 4.72 Å². The molecule has 1 saturated carbocycles. The van der Waals surface area contributed by atoms with Crippen LogP contribution in [0.25, 0.3) is 0 Å². The first-order chi connectivity index (χ1) is 7.84. The molecule has 2 unspecified atom stereocenters. The first kappa shape index (κ1) is 14.2. The molecule has 2 atom stereocenters. The van der Waals surface area contributed by atoms with Crippen LogP contribution in [0.5, 0.6) is 0 Å². The molecule has 0 saturated heterocycles. The van der Waals surface area contributed by atoms with E-state index in [0.29, 0.717) is 6.42 Å². The van der Waals surface area contributed by atoms with E-state index in [4.69, 9.17) is 0 Å². The molecule has 0 heterocycles. The molecule has 1 aliphatic carbocycles. The number of aliphatic carboxylic acids is 1. The van der Waals surface area contributed by atoms with Crippen molar-refractivity contribution in [3.8, 4) is 0 Å². The van der Waals surface area contributed by atoms with Gasteiger partial charge in [0.15, 0.2) is 0 Å². The number of hydrogen-bond acceptors (Lipinski definition) is 3. The van der Waals surface area contributed by atoms with Crippen molar-refractivity contribution in [1.82, 2.24) is 4.72 Å². The topological polar surface area (TPSA) is 83.5 Å². The van der Waals surface area contributed by atoms with Crippen molar-refractivity contribution < 1.29 is 18.3 Å². The number of carbonyl (C=O) groups is 1. The second-order valence-corrected chi connectivity index (χ2v) is 6.36. The first-order valence-corrected chi connectivity index (χ1v) is 7.35. The average Bonchev–Trinajstić information content (AvgIpc) is 2.20. The van der Waals surface area contributed by atoms with Gasteiger partial charge in [-0.15, -0.1) is 6.58 Å². The lowest BCUT2D eigenvalue weighted by atomic mass is 9.74. The van der Waals surface area contributed by atoms with Crippen LogP contribution in [-0.4, -0.2) is 30.8 Å². The predicted octanol–water partition coefficient (Wildman–Crippen LogP) is 1.13. The lowest BCUT2D eigenvalue weighted by molar-refractivity contribution is -0.147. The summed E-state index contributed by atoms with van der Waals surface area (Å²) in [7, 11) is -3.62. The van der Waals surface area contributed by atoms with Crippen molar-refractivity contribution in [1.29, 1.82) is 0 Å². The minimum absolute atomic E-state index is 0.201. The van der Waals surface area contributed by atoms with Gasteiger partial charge in [0.1, 0.15) is 5.54 Å². The lowest BCUT2D eigenvalue weighted by Gasteiger charge is -2.39. The van der Waals surface area contributed by atoms with Crippen LogP contribution in [0.2, 0.25) is 0 Å². The fraction of sp³-hybridized carbons (Fsp3) is 0.727. The molecule has 1 fully saturated rings. The maximum atomic E-state index is 11.7. The molecule has 2 N–H and O–H groups in total. The summed E-state index contributed by atoms with van der Waals surface area (Å²) in [6.07, 6.45) is 4.00. The third-order valence-electron chi connectivity index (χ3n) is 3.36.